The van der Waals surface area contributed by atoms with Crippen molar-refractivity contribution in [3.8, 4) is 0 Å². The molecule has 8 heteroatoms. The Balaban J connectivity index is 2.20. The predicted octanol–water partition coefficient (Wildman–Crippen LogP) is 1.70. The number of aliphatic carboxylic acids is 1. The number of carbonyl (C=O) groups excluding carboxylic acids is 1. The molecule has 1 amide bonds. The van der Waals surface area contributed by atoms with Crippen LogP contribution in [0.3, 0.4) is 0 Å². The highest BCUT2D eigenvalue weighted by atomic mass is 32.2. The van der Waals surface area contributed by atoms with Crippen molar-refractivity contribution in [2.24, 2.45) is 5.92 Å². The van der Waals surface area contributed by atoms with Gasteiger partial charge in [0.2, 0.25) is 10.0 Å². The minimum atomic E-state index is -3.64. The molecule has 1 aromatic rings. The van der Waals surface area contributed by atoms with Crippen LogP contribution in [0, 0.1) is 5.92 Å². The summed E-state index contributed by atoms with van der Waals surface area (Å²) >= 11 is 0. The lowest BCUT2D eigenvalue weighted by molar-refractivity contribution is -0.137. The summed E-state index contributed by atoms with van der Waals surface area (Å²) in [5.41, 5.74) is 0.240. The Morgan fingerprint density at radius 3 is 2.56 bits per heavy atom. The lowest BCUT2D eigenvalue weighted by atomic mass is 10.1. The van der Waals surface area contributed by atoms with E-state index in [1.165, 1.54) is 23.1 Å². The molecule has 0 radical (unpaired) electrons. The van der Waals surface area contributed by atoms with Gasteiger partial charge < -0.3 is 10.0 Å². The summed E-state index contributed by atoms with van der Waals surface area (Å²) in [5, 5.41) is 8.86. The van der Waals surface area contributed by atoms with Gasteiger partial charge >= 0.3 is 5.97 Å². The first-order valence-corrected chi connectivity index (χ1v) is 9.81. The topological polar surface area (TPSA) is 104 Å². The van der Waals surface area contributed by atoms with E-state index in [1.54, 1.807) is 6.07 Å². The molecule has 0 bridgehead atoms. The van der Waals surface area contributed by atoms with E-state index in [-0.39, 0.29) is 41.3 Å². The van der Waals surface area contributed by atoms with Gasteiger partial charge in [0.15, 0.2) is 0 Å². The van der Waals surface area contributed by atoms with Crippen LogP contribution >= 0.6 is 0 Å². The Bertz CT molecular complexity index is 741. The minimum Gasteiger partial charge on any atom is -0.481 e. The van der Waals surface area contributed by atoms with Gasteiger partial charge in [0.1, 0.15) is 0 Å². The molecule has 0 spiro atoms. The average Bonchev–Trinajstić information content (AvgIpc) is 3.33. The lowest BCUT2D eigenvalue weighted by Gasteiger charge is -2.24. The third-order valence-corrected chi connectivity index (χ3v) is 5.28. The quantitative estimate of drug-likeness (QED) is 0.690. The number of nitrogens with one attached hydrogen (secondary N) is 1. The highest BCUT2D eigenvalue weighted by Gasteiger charge is 2.28. The van der Waals surface area contributed by atoms with Gasteiger partial charge in [0, 0.05) is 24.7 Å². The Hall–Kier alpha value is -1.93. The monoisotopic (exact) mass is 368 g/mol. The molecule has 1 fully saturated rings. The second kappa shape index (κ2) is 7.97. The molecular weight excluding hydrogens is 344 g/mol. The summed E-state index contributed by atoms with van der Waals surface area (Å²) in [6.07, 6.45) is 1.50. The number of benzene rings is 1. The molecule has 138 valence electrons. The second-order valence-electron chi connectivity index (χ2n) is 6.71. The molecule has 0 unspecified atom stereocenters. The standard InChI is InChI=1S/C17H24N2O5S/c1-12(2)11-19(9-8-16(20)21)17(22)13-4-3-5-15(10-13)25(23,24)18-14-6-7-14/h3-5,10,12,14,18H,6-9,11H2,1-2H3,(H,20,21). The average molecular weight is 368 g/mol. The number of hydrogen-bond acceptors (Lipinski definition) is 4. The van der Waals surface area contributed by atoms with Crippen molar-refractivity contribution in [2.45, 2.75) is 44.0 Å². The molecule has 2 rings (SSSR count). The Morgan fingerprint density at radius 1 is 1.32 bits per heavy atom. The fraction of sp³-hybridized carbons (Fsp3) is 0.529. The highest BCUT2D eigenvalue weighted by molar-refractivity contribution is 7.89. The van der Waals surface area contributed by atoms with Crippen molar-refractivity contribution in [2.75, 3.05) is 13.1 Å². The number of carbonyl (C=O) groups is 2. The van der Waals surface area contributed by atoms with Crippen molar-refractivity contribution in [3.63, 3.8) is 0 Å². The first-order chi connectivity index (χ1) is 11.7. The molecule has 0 heterocycles. The van der Waals surface area contributed by atoms with Crippen LogP contribution < -0.4 is 4.72 Å². The van der Waals surface area contributed by atoms with Crippen LogP contribution in [0.1, 0.15) is 43.5 Å². The molecule has 25 heavy (non-hydrogen) atoms. The van der Waals surface area contributed by atoms with E-state index in [4.69, 9.17) is 5.11 Å². The maximum atomic E-state index is 12.7. The summed E-state index contributed by atoms with van der Waals surface area (Å²) in [7, 11) is -3.64. The minimum absolute atomic E-state index is 0.0163. The number of carboxylic acid groups (broad SMARTS) is 1. The van der Waals surface area contributed by atoms with Crippen LogP contribution in [0.15, 0.2) is 29.2 Å². The van der Waals surface area contributed by atoms with Gasteiger partial charge in [-0.25, -0.2) is 13.1 Å². The zero-order chi connectivity index (χ0) is 18.6. The molecular formula is C17H24N2O5S. The van der Waals surface area contributed by atoms with Crippen LogP contribution in [-0.4, -0.2) is 49.4 Å². The van der Waals surface area contributed by atoms with E-state index in [0.29, 0.717) is 6.54 Å². The largest absolute Gasteiger partial charge is 0.481 e. The fourth-order valence-electron chi connectivity index (χ4n) is 2.41. The number of amides is 1. The van der Waals surface area contributed by atoms with Crippen molar-refractivity contribution in [1.29, 1.82) is 0 Å². The predicted molar refractivity (Wildman–Crippen MR) is 92.8 cm³/mol. The molecule has 7 nitrogen and oxygen atoms in total. The molecule has 1 saturated carbocycles. The maximum Gasteiger partial charge on any atom is 0.305 e. The first kappa shape index (κ1) is 19.4. The number of hydrogen-bond donors (Lipinski definition) is 2. The molecule has 0 aliphatic heterocycles. The summed E-state index contributed by atoms with van der Waals surface area (Å²) < 4.78 is 27.2. The molecule has 1 aliphatic rings. The van der Waals surface area contributed by atoms with E-state index in [0.717, 1.165) is 12.8 Å². The van der Waals surface area contributed by atoms with Crippen LogP contribution in [0.5, 0.6) is 0 Å². The van der Waals surface area contributed by atoms with Gasteiger partial charge in [-0.1, -0.05) is 19.9 Å². The van der Waals surface area contributed by atoms with E-state index in [9.17, 15) is 18.0 Å². The van der Waals surface area contributed by atoms with Crippen LogP contribution in [0.2, 0.25) is 0 Å². The van der Waals surface area contributed by atoms with Crippen LogP contribution in [0.25, 0.3) is 0 Å². The molecule has 0 saturated heterocycles. The summed E-state index contributed by atoms with van der Waals surface area (Å²) in [6.45, 7) is 4.36. The van der Waals surface area contributed by atoms with E-state index in [1.807, 2.05) is 13.8 Å². The molecule has 0 aromatic heterocycles. The Morgan fingerprint density at radius 2 is 2.00 bits per heavy atom. The normalized spacial score (nSPS) is 14.5. The van der Waals surface area contributed by atoms with Gasteiger partial charge in [-0.2, -0.15) is 0 Å². The fourth-order valence-corrected chi connectivity index (χ4v) is 3.77. The number of carboxylic acids is 1. The van der Waals surface area contributed by atoms with Crippen LogP contribution in [-0.2, 0) is 14.8 Å². The van der Waals surface area contributed by atoms with Crippen molar-refractivity contribution < 1.29 is 23.1 Å². The summed E-state index contributed by atoms with van der Waals surface area (Å²) in [5.74, 6) is -1.17. The Labute approximate surface area is 148 Å². The van der Waals surface area contributed by atoms with E-state index < -0.39 is 16.0 Å². The van der Waals surface area contributed by atoms with Gasteiger partial charge in [-0.05, 0) is 37.0 Å². The van der Waals surface area contributed by atoms with Crippen molar-refractivity contribution >= 4 is 21.9 Å². The van der Waals surface area contributed by atoms with Gasteiger partial charge in [-0.3, -0.25) is 9.59 Å². The van der Waals surface area contributed by atoms with Gasteiger partial charge in [0.05, 0.1) is 11.3 Å². The van der Waals surface area contributed by atoms with Gasteiger partial charge in [0.25, 0.3) is 5.91 Å². The molecule has 1 aliphatic carbocycles. The smallest absolute Gasteiger partial charge is 0.305 e. The summed E-state index contributed by atoms with van der Waals surface area (Å²) in [6, 6.07) is 5.86. The van der Waals surface area contributed by atoms with E-state index >= 15 is 0 Å². The second-order valence-corrected chi connectivity index (χ2v) is 8.43. The Kier molecular flexibility index (Phi) is 6.18. The molecule has 0 atom stereocenters. The van der Waals surface area contributed by atoms with Crippen molar-refractivity contribution in [1.82, 2.24) is 9.62 Å². The number of sulfonamides is 1. The lowest BCUT2D eigenvalue weighted by Crippen LogP contribution is -2.36. The highest BCUT2D eigenvalue weighted by Crippen LogP contribution is 2.22. The number of nitrogens with zero attached hydrogens (tertiary/aromatic N) is 1. The third-order valence-electron chi connectivity index (χ3n) is 3.76. The molecule has 1 aromatic carbocycles. The maximum absolute atomic E-state index is 12.7. The van der Waals surface area contributed by atoms with Crippen LogP contribution in [0.4, 0.5) is 0 Å². The zero-order valence-electron chi connectivity index (χ0n) is 14.4. The SMILES string of the molecule is CC(C)CN(CCC(=O)O)C(=O)c1cccc(S(=O)(=O)NC2CC2)c1. The van der Waals surface area contributed by atoms with E-state index in [2.05, 4.69) is 4.72 Å². The van der Waals surface area contributed by atoms with Crippen molar-refractivity contribution in [3.05, 3.63) is 29.8 Å². The van der Waals surface area contributed by atoms with Gasteiger partial charge in [-0.15, -0.1) is 0 Å². The summed E-state index contributed by atoms with van der Waals surface area (Å²) in [4.78, 5) is 25.0. The number of rotatable bonds is 9. The zero-order valence-corrected chi connectivity index (χ0v) is 15.3. The first-order valence-electron chi connectivity index (χ1n) is 8.32. The molecule has 2 N–H and O–H groups in total. The third kappa shape index (κ3) is 5.82.